The molecule has 4 rings (SSSR count). The first-order valence-electron chi connectivity index (χ1n) is 9.49. The Morgan fingerprint density at radius 3 is 2.81 bits per heavy atom. The zero-order chi connectivity index (χ0) is 18.8. The van der Waals surface area contributed by atoms with Crippen LogP contribution in [0.25, 0.3) is 5.69 Å². The molecule has 0 saturated carbocycles. The number of amides is 1. The van der Waals surface area contributed by atoms with E-state index in [0.29, 0.717) is 12.6 Å². The number of anilines is 1. The number of nitrogens with one attached hydrogen (secondary N) is 2. The van der Waals surface area contributed by atoms with E-state index in [1.165, 1.54) is 10.6 Å². The maximum absolute atomic E-state index is 12.8. The van der Waals surface area contributed by atoms with E-state index in [9.17, 15) is 4.79 Å². The van der Waals surface area contributed by atoms with Gasteiger partial charge < -0.3 is 14.8 Å². The number of aryl methyl sites for hydroxylation is 2. The van der Waals surface area contributed by atoms with Gasteiger partial charge in [0.25, 0.3) is 5.91 Å². The fraction of sp³-hybridized carbons (Fsp3) is 0.333. The van der Waals surface area contributed by atoms with E-state index in [4.69, 9.17) is 0 Å². The Balaban J connectivity index is 1.48. The molecule has 0 radical (unpaired) electrons. The minimum atomic E-state index is 0.0307. The number of quaternary nitrogens is 1. The van der Waals surface area contributed by atoms with Gasteiger partial charge in [0.15, 0.2) is 6.54 Å². The normalized spacial score (nSPS) is 19.3. The van der Waals surface area contributed by atoms with E-state index < -0.39 is 0 Å². The van der Waals surface area contributed by atoms with E-state index >= 15 is 0 Å². The largest absolute Gasteiger partial charge is 0.350 e. The van der Waals surface area contributed by atoms with Crippen molar-refractivity contribution in [2.45, 2.75) is 25.8 Å². The first-order chi connectivity index (χ1) is 13.1. The number of hydrogen-bond donors (Lipinski definition) is 2. The molecule has 1 unspecified atom stereocenters. The third kappa shape index (κ3) is 3.66. The molecule has 1 aliphatic heterocycles. The molecule has 1 aromatic carbocycles. The van der Waals surface area contributed by atoms with Gasteiger partial charge in [-0.3, -0.25) is 4.79 Å². The van der Waals surface area contributed by atoms with Crippen LogP contribution in [0, 0.1) is 6.92 Å². The van der Waals surface area contributed by atoms with Gasteiger partial charge in [0, 0.05) is 32.2 Å². The van der Waals surface area contributed by atoms with Crippen molar-refractivity contribution in [1.29, 1.82) is 0 Å². The Labute approximate surface area is 159 Å². The quantitative estimate of drug-likeness (QED) is 0.726. The number of likely N-dealkylation sites (tertiary alicyclic amines) is 1. The summed E-state index contributed by atoms with van der Waals surface area (Å²) in [6.07, 6.45) is 4.35. The van der Waals surface area contributed by atoms with Gasteiger partial charge in [0.2, 0.25) is 0 Å². The van der Waals surface area contributed by atoms with Crippen molar-refractivity contribution in [1.82, 2.24) is 14.3 Å². The Kier molecular flexibility index (Phi) is 4.81. The van der Waals surface area contributed by atoms with Crippen molar-refractivity contribution < 1.29 is 9.69 Å². The second kappa shape index (κ2) is 7.40. The van der Waals surface area contributed by atoms with Crippen LogP contribution in [0.1, 0.15) is 30.3 Å². The highest BCUT2D eigenvalue weighted by atomic mass is 16.2. The molecule has 0 aliphatic carbocycles. The SMILES string of the molecule is Cc1cc(NC(=O)C[NH+]2CCC[C@@H]2c2cccn2C)n(-c2ccccc2)n1. The van der Waals surface area contributed by atoms with E-state index in [1.807, 2.05) is 43.3 Å². The molecule has 2 N–H and O–H groups in total. The number of aromatic nitrogens is 3. The fourth-order valence-electron chi connectivity index (χ4n) is 4.06. The van der Waals surface area contributed by atoms with Crippen LogP contribution in [0.4, 0.5) is 5.82 Å². The summed E-state index contributed by atoms with van der Waals surface area (Å²) in [4.78, 5) is 14.1. The molecule has 0 bridgehead atoms. The van der Waals surface area contributed by atoms with Crippen molar-refractivity contribution in [3.05, 3.63) is 66.1 Å². The topological polar surface area (TPSA) is 56.3 Å². The summed E-state index contributed by atoms with van der Waals surface area (Å²) in [5.74, 6) is 0.751. The highest BCUT2D eigenvalue weighted by Gasteiger charge is 2.33. The van der Waals surface area contributed by atoms with Gasteiger partial charge in [-0.05, 0) is 31.2 Å². The van der Waals surface area contributed by atoms with Crippen molar-refractivity contribution in [3.63, 3.8) is 0 Å². The lowest BCUT2D eigenvalue weighted by Gasteiger charge is -2.21. The predicted octanol–water partition coefficient (Wildman–Crippen LogP) is 1.88. The Bertz CT molecular complexity index is 927. The maximum atomic E-state index is 12.8. The second-order valence-corrected chi connectivity index (χ2v) is 7.29. The average Bonchev–Trinajstić information content (AvgIpc) is 3.36. The summed E-state index contributed by atoms with van der Waals surface area (Å²) >= 11 is 0. The van der Waals surface area contributed by atoms with Crippen LogP contribution in [0.5, 0.6) is 0 Å². The van der Waals surface area contributed by atoms with Crippen LogP contribution >= 0.6 is 0 Å². The van der Waals surface area contributed by atoms with Gasteiger partial charge in [0.05, 0.1) is 23.6 Å². The van der Waals surface area contributed by atoms with Crippen LogP contribution in [-0.2, 0) is 11.8 Å². The summed E-state index contributed by atoms with van der Waals surface area (Å²) in [5, 5.41) is 7.60. The summed E-state index contributed by atoms with van der Waals surface area (Å²) in [5.41, 5.74) is 3.13. The number of hydrogen-bond acceptors (Lipinski definition) is 2. The number of carbonyl (C=O) groups is 1. The number of benzene rings is 1. The molecule has 2 aromatic heterocycles. The predicted molar refractivity (Wildman–Crippen MR) is 105 cm³/mol. The molecule has 1 aliphatic rings. The molecular weight excluding hydrogens is 338 g/mol. The van der Waals surface area contributed by atoms with Crippen molar-refractivity contribution in [2.75, 3.05) is 18.4 Å². The van der Waals surface area contributed by atoms with E-state index in [0.717, 1.165) is 36.6 Å². The molecule has 140 valence electrons. The van der Waals surface area contributed by atoms with Crippen molar-refractivity contribution in [3.8, 4) is 5.69 Å². The summed E-state index contributed by atoms with van der Waals surface area (Å²) in [6.45, 7) is 3.43. The van der Waals surface area contributed by atoms with Crippen LogP contribution in [0.2, 0.25) is 0 Å². The Hall–Kier alpha value is -2.86. The first-order valence-corrected chi connectivity index (χ1v) is 9.49. The second-order valence-electron chi connectivity index (χ2n) is 7.29. The molecular formula is C21H26N5O+. The van der Waals surface area contributed by atoms with Crippen LogP contribution in [-0.4, -0.2) is 33.3 Å². The molecule has 3 heterocycles. The highest BCUT2D eigenvalue weighted by molar-refractivity contribution is 5.91. The molecule has 27 heavy (non-hydrogen) atoms. The number of carbonyl (C=O) groups excluding carboxylic acids is 1. The molecule has 6 heteroatoms. The summed E-state index contributed by atoms with van der Waals surface area (Å²) in [6, 6.07) is 16.4. The Morgan fingerprint density at radius 2 is 2.07 bits per heavy atom. The van der Waals surface area contributed by atoms with Gasteiger partial charge in [-0.2, -0.15) is 5.10 Å². The number of rotatable bonds is 5. The minimum Gasteiger partial charge on any atom is -0.350 e. The lowest BCUT2D eigenvalue weighted by Crippen LogP contribution is -3.11. The molecule has 0 spiro atoms. The summed E-state index contributed by atoms with van der Waals surface area (Å²) < 4.78 is 3.96. The van der Waals surface area contributed by atoms with E-state index in [2.05, 4.69) is 40.4 Å². The van der Waals surface area contributed by atoms with Gasteiger partial charge in [-0.15, -0.1) is 0 Å². The molecule has 1 amide bonds. The maximum Gasteiger partial charge on any atom is 0.280 e. The smallest absolute Gasteiger partial charge is 0.280 e. The first kappa shape index (κ1) is 17.5. The van der Waals surface area contributed by atoms with E-state index in [1.54, 1.807) is 4.68 Å². The third-order valence-electron chi connectivity index (χ3n) is 5.31. The minimum absolute atomic E-state index is 0.0307. The van der Waals surface area contributed by atoms with Gasteiger partial charge in [0.1, 0.15) is 11.9 Å². The van der Waals surface area contributed by atoms with Crippen LogP contribution in [0.15, 0.2) is 54.7 Å². The average molecular weight is 364 g/mol. The standard InChI is InChI=1S/C21H25N5O/c1-16-14-20(26(23-16)17-8-4-3-5-9-17)22-21(27)15-25-13-7-11-19(25)18-10-6-12-24(18)2/h3-6,8-10,12,14,19H,7,11,13,15H2,1-2H3,(H,22,27)/p+1/t19-/m1/s1. The molecule has 2 atom stereocenters. The van der Waals surface area contributed by atoms with Gasteiger partial charge >= 0.3 is 0 Å². The molecule has 3 aromatic rings. The third-order valence-corrected chi connectivity index (χ3v) is 5.31. The van der Waals surface area contributed by atoms with Gasteiger partial charge in [-0.25, -0.2) is 4.68 Å². The number of para-hydroxylation sites is 1. The summed E-state index contributed by atoms with van der Waals surface area (Å²) in [7, 11) is 2.08. The van der Waals surface area contributed by atoms with Crippen LogP contribution < -0.4 is 10.2 Å². The lowest BCUT2D eigenvalue weighted by atomic mass is 10.1. The molecule has 1 fully saturated rings. The zero-order valence-electron chi connectivity index (χ0n) is 15.9. The monoisotopic (exact) mass is 364 g/mol. The highest BCUT2D eigenvalue weighted by Crippen LogP contribution is 2.19. The Morgan fingerprint density at radius 1 is 1.26 bits per heavy atom. The fourth-order valence-corrected chi connectivity index (χ4v) is 4.06. The lowest BCUT2D eigenvalue weighted by molar-refractivity contribution is -0.910. The number of nitrogens with zero attached hydrogens (tertiary/aromatic N) is 3. The van der Waals surface area contributed by atoms with Gasteiger partial charge in [-0.1, -0.05) is 18.2 Å². The van der Waals surface area contributed by atoms with Crippen molar-refractivity contribution in [2.24, 2.45) is 7.05 Å². The van der Waals surface area contributed by atoms with Crippen molar-refractivity contribution >= 4 is 11.7 Å². The molecule has 1 saturated heterocycles. The van der Waals surface area contributed by atoms with E-state index in [-0.39, 0.29) is 5.91 Å². The zero-order valence-corrected chi connectivity index (χ0v) is 15.9. The van der Waals surface area contributed by atoms with Crippen LogP contribution in [0.3, 0.4) is 0 Å². The molecule has 6 nitrogen and oxygen atoms in total.